The van der Waals surface area contributed by atoms with Crippen LogP contribution < -0.4 is 10.6 Å². The van der Waals surface area contributed by atoms with Gasteiger partial charge in [-0.05, 0) is 64.5 Å². The number of ether oxygens (including phenoxy) is 1. The zero-order valence-electron chi connectivity index (χ0n) is 21.9. The van der Waals surface area contributed by atoms with Crippen LogP contribution in [0.1, 0.15) is 83.5 Å². The van der Waals surface area contributed by atoms with E-state index >= 15 is 0 Å². The minimum atomic E-state index is -0.804. The monoisotopic (exact) mass is 461 g/mol. The number of likely N-dealkylation sites (N-methyl/N-ethyl adjacent to an activating group) is 1. The van der Waals surface area contributed by atoms with Crippen LogP contribution in [0.5, 0.6) is 0 Å². The van der Waals surface area contributed by atoms with Crippen LogP contribution in [-0.2, 0) is 14.3 Å². The van der Waals surface area contributed by atoms with Gasteiger partial charge in [-0.25, -0.2) is 4.79 Å². The third-order valence-corrected chi connectivity index (χ3v) is 5.23. The largest absolute Gasteiger partial charge is 0.444 e. The van der Waals surface area contributed by atoms with Gasteiger partial charge >= 0.3 is 6.09 Å². The quantitative estimate of drug-likeness (QED) is 0.496. The summed E-state index contributed by atoms with van der Waals surface area (Å²) in [7, 11) is 1.62. The molecule has 2 atom stereocenters. The number of carbonyl (C=O) groups excluding carboxylic acids is 3. The summed E-state index contributed by atoms with van der Waals surface area (Å²) in [6.45, 7) is 15.8. The lowest BCUT2D eigenvalue weighted by Gasteiger charge is -2.33. The van der Waals surface area contributed by atoms with Crippen molar-refractivity contribution in [3.63, 3.8) is 0 Å². The molecule has 33 heavy (non-hydrogen) atoms. The van der Waals surface area contributed by atoms with Crippen LogP contribution in [0.2, 0.25) is 0 Å². The van der Waals surface area contributed by atoms with E-state index in [2.05, 4.69) is 17.6 Å². The second-order valence-corrected chi connectivity index (χ2v) is 10.2. The van der Waals surface area contributed by atoms with E-state index in [1.807, 2.05) is 45.9 Å². The molecule has 0 saturated carbocycles. The van der Waals surface area contributed by atoms with Gasteiger partial charge in [0.15, 0.2) is 0 Å². The number of aryl methyl sites for hydroxylation is 2. The Bertz CT molecular complexity index is 814. The first-order valence-corrected chi connectivity index (χ1v) is 11.9. The Morgan fingerprint density at radius 2 is 1.76 bits per heavy atom. The van der Waals surface area contributed by atoms with E-state index in [9.17, 15) is 14.4 Å². The summed E-state index contributed by atoms with van der Waals surface area (Å²) in [5, 5.41) is 5.69. The highest BCUT2D eigenvalue weighted by Crippen LogP contribution is 2.26. The Morgan fingerprint density at radius 3 is 2.27 bits per heavy atom. The molecule has 0 aromatic heterocycles. The molecule has 7 heteroatoms. The highest BCUT2D eigenvalue weighted by atomic mass is 16.6. The van der Waals surface area contributed by atoms with Crippen molar-refractivity contribution < 1.29 is 19.1 Å². The third kappa shape index (κ3) is 9.44. The molecule has 0 heterocycles. The lowest BCUT2D eigenvalue weighted by atomic mass is 9.96. The van der Waals surface area contributed by atoms with E-state index in [4.69, 9.17) is 4.74 Å². The van der Waals surface area contributed by atoms with Gasteiger partial charge in [0.25, 0.3) is 0 Å². The lowest BCUT2D eigenvalue weighted by molar-refractivity contribution is -0.141. The molecule has 0 aliphatic rings. The maximum atomic E-state index is 13.6. The van der Waals surface area contributed by atoms with Gasteiger partial charge in [-0.15, -0.1) is 0 Å². The number of carbonyl (C=O) groups is 3. The number of nitrogens with one attached hydrogen (secondary N) is 2. The summed E-state index contributed by atoms with van der Waals surface area (Å²) in [6, 6.07) is 4.24. The minimum absolute atomic E-state index is 0.153. The number of hydrogen-bond acceptors (Lipinski definition) is 4. The molecule has 2 unspecified atom stereocenters. The molecule has 1 aromatic rings. The Hall–Kier alpha value is -2.57. The van der Waals surface area contributed by atoms with Crippen LogP contribution in [0.3, 0.4) is 0 Å². The second-order valence-electron chi connectivity index (χ2n) is 10.2. The van der Waals surface area contributed by atoms with Crippen molar-refractivity contribution in [3.05, 3.63) is 34.9 Å². The molecule has 1 aromatic carbocycles. The summed E-state index contributed by atoms with van der Waals surface area (Å²) in [5.74, 6) is -0.405. The average Bonchev–Trinajstić information content (AvgIpc) is 2.67. The Kier molecular flexibility index (Phi) is 10.9. The predicted molar refractivity (Wildman–Crippen MR) is 132 cm³/mol. The third-order valence-electron chi connectivity index (χ3n) is 5.23. The van der Waals surface area contributed by atoms with E-state index in [1.165, 1.54) is 4.90 Å². The molecule has 0 spiro atoms. The molecule has 0 fully saturated rings. The van der Waals surface area contributed by atoms with Gasteiger partial charge in [-0.2, -0.15) is 0 Å². The van der Waals surface area contributed by atoms with Crippen molar-refractivity contribution in [2.75, 3.05) is 13.6 Å². The molecule has 186 valence electrons. The van der Waals surface area contributed by atoms with Gasteiger partial charge in [-0.3, -0.25) is 9.59 Å². The van der Waals surface area contributed by atoms with E-state index in [0.29, 0.717) is 13.0 Å². The first-order valence-electron chi connectivity index (χ1n) is 11.9. The highest BCUT2D eigenvalue weighted by molar-refractivity contribution is 5.92. The molecule has 1 rings (SSSR count). The van der Waals surface area contributed by atoms with Crippen LogP contribution in [0.15, 0.2) is 18.2 Å². The molecule has 2 N–H and O–H groups in total. The number of unbranched alkanes of at least 4 members (excludes halogenated alkanes) is 1. The van der Waals surface area contributed by atoms with E-state index in [0.717, 1.165) is 29.5 Å². The molecule has 0 radical (unpaired) electrons. The molecule has 0 saturated heterocycles. The number of rotatable bonds is 10. The fourth-order valence-electron chi connectivity index (χ4n) is 3.66. The van der Waals surface area contributed by atoms with Crippen LogP contribution in [0.4, 0.5) is 4.79 Å². The topological polar surface area (TPSA) is 87.7 Å². The fraction of sp³-hybridized carbons (Fsp3) is 0.654. The van der Waals surface area contributed by atoms with Crippen LogP contribution in [0, 0.1) is 19.8 Å². The standard InChI is InChI=1S/C26H43N3O4/c1-10-11-14-27-23(30)22(20-13-12-18(4)16-19(20)5)29(9)24(31)21(15-17(2)3)28-25(32)33-26(6,7)8/h12-13,16-17,21-22H,10-11,14-15H2,1-9H3,(H,27,30)(H,28,32). The maximum Gasteiger partial charge on any atom is 0.408 e. The number of benzene rings is 1. The van der Waals surface area contributed by atoms with E-state index < -0.39 is 23.8 Å². The summed E-state index contributed by atoms with van der Waals surface area (Å²) in [5.41, 5.74) is 2.11. The zero-order chi connectivity index (χ0) is 25.3. The van der Waals surface area contributed by atoms with Crippen LogP contribution >= 0.6 is 0 Å². The summed E-state index contributed by atoms with van der Waals surface area (Å²) in [6.07, 6.45) is 1.60. The molecule has 7 nitrogen and oxygen atoms in total. The molecule has 3 amide bonds. The SMILES string of the molecule is CCCCNC(=O)C(c1ccc(C)cc1C)N(C)C(=O)C(CC(C)C)NC(=O)OC(C)(C)C. The summed E-state index contributed by atoms with van der Waals surface area (Å²) >= 11 is 0. The zero-order valence-corrected chi connectivity index (χ0v) is 21.9. The molecular formula is C26H43N3O4. The number of amides is 3. The Balaban J connectivity index is 3.26. The van der Waals surface area contributed by atoms with E-state index in [-0.39, 0.29) is 17.7 Å². The Labute approximate surface area is 199 Å². The van der Waals surface area contributed by atoms with E-state index in [1.54, 1.807) is 27.8 Å². The van der Waals surface area contributed by atoms with Crippen molar-refractivity contribution in [2.45, 2.75) is 92.3 Å². The van der Waals surface area contributed by atoms with Gasteiger partial charge in [0, 0.05) is 13.6 Å². The smallest absolute Gasteiger partial charge is 0.408 e. The Morgan fingerprint density at radius 1 is 1.12 bits per heavy atom. The van der Waals surface area contributed by atoms with Crippen molar-refractivity contribution in [1.82, 2.24) is 15.5 Å². The summed E-state index contributed by atoms with van der Waals surface area (Å²) in [4.78, 5) is 40.7. The maximum absolute atomic E-state index is 13.6. The van der Waals surface area contributed by atoms with Crippen LogP contribution in [0.25, 0.3) is 0 Å². The summed E-state index contributed by atoms with van der Waals surface area (Å²) < 4.78 is 5.37. The van der Waals surface area contributed by atoms with Crippen molar-refractivity contribution in [2.24, 2.45) is 5.92 Å². The van der Waals surface area contributed by atoms with Gasteiger partial charge in [0.2, 0.25) is 11.8 Å². The van der Waals surface area contributed by atoms with Crippen LogP contribution in [-0.4, -0.2) is 48.0 Å². The normalized spacial score (nSPS) is 13.3. The molecule has 0 bridgehead atoms. The predicted octanol–water partition coefficient (Wildman–Crippen LogP) is 4.66. The van der Waals surface area contributed by atoms with Gasteiger partial charge < -0.3 is 20.3 Å². The first kappa shape index (κ1) is 28.5. The van der Waals surface area contributed by atoms with Crippen molar-refractivity contribution in [1.29, 1.82) is 0 Å². The minimum Gasteiger partial charge on any atom is -0.444 e. The number of alkyl carbamates (subject to hydrolysis) is 1. The molecule has 0 aliphatic carbocycles. The highest BCUT2D eigenvalue weighted by Gasteiger charge is 2.34. The molecular weight excluding hydrogens is 418 g/mol. The van der Waals surface area contributed by atoms with Gasteiger partial charge in [-0.1, -0.05) is 51.0 Å². The first-order chi connectivity index (χ1) is 15.3. The average molecular weight is 462 g/mol. The van der Waals surface area contributed by atoms with Crippen molar-refractivity contribution in [3.8, 4) is 0 Å². The lowest BCUT2D eigenvalue weighted by Crippen LogP contribution is -2.52. The second kappa shape index (κ2) is 12.6. The van der Waals surface area contributed by atoms with Gasteiger partial charge in [0.1, 0.15) is 17.7 Å². The molecule has 0 aliphatic heterocycles. The number of hydrogen-bond donors (Lipinski definition) is 2. The van der Waals surface area contributed by atoms with Gasteiger partial charge in [0.05, 0.1) is 0 Å². The number of nitrogens with zero attached hydrogens (tertiary/aromatic N) is 1. The van der Waals surface area contributed by atoms with Crippen molar-refractivity contribution >= 4 is 17.9 Å². The fourth-order valence-corrected chi connectivity index (χ4v) is 3.66.